The number of para-hydroxylation sites is 1. The molecule has 0 atom stereocenters. The van der Waals surface area contributed by atoms with Crippen molar-refractivity contribution < 1.29 is 4.74 Å². The van der Waals surface area contributed by atoms with Gasteiger partial charge in [-0.2, -0.15) is 0 Å². The Morgan fingerprint density at radius 3 is 2.61 bits per heavy atom. The summed E-state index contributed by atoms with van der Waals surface area (Å²) in [5.74, 6) is 1.72. The molecule has 2 aromatic rings. The summed E-state index contributed by atoms with van der Waals surface area (Å²) in [6, 6.07) is 16.8. The number of rotatable bonds is 7. The van der Waals surface area contributed by atoms with Crippen LogP contribution in [0.15, 0.2) is 53.5 Å². The highest BCUT2D eigenvalue weighted by molar-refractivity contribution is 14.0. The topological polar surface area (TPSA) is 48.9 Å². The number of nitrogens with zero attached hydrogens (tertiary/aromatic N) is 2. The minimum atomic E-state index is 0. The van der Waals surface area contributed by atoms with Crippen molar-refractivity contribution in [1.29, 1.82) is 0 Å². The minimum Gasteiger partial charge on any atom is -0.496 e. The first kappa shape index (κ1) is 22.5. The van der Waals surface area contributed by atoms with Crippen LogP contribution in [0.25, 0.3) is 0 Å². The van der Waals surface area contributed by atoms with Gasteiger partial charge in [0, 0.05) is 45.3 Å². The predicted octanol–water partition coefficient (Wildman–Crippen LogP) is 3.43. The summed E-state index contributed by atoms with van der Waals surface area (Å²) in [7, 11) is 3.50. The van der Waals surface area contributed by atoms with E-state index >= 15 is 0 Å². The molecule has 0 aliphatic carbocycles. The number of methoxy groups -OCH3 is 1. The fourth-order valence-corrected chi connectivity index (χ4v) is 3.50. The average molecular weight is 494 g/mol. The number of guanidine groups is 1. The first-order chi connectivity index (χ1) is 13.3. The lowest BCUT2D eigenvalue weighted by molar-refractivity contribution is 0.251. The second-order valence-corrected chi connectivity index (χ2v) is 6.81. The maximum Gasteiger partial charge on any atom is 0.191 e. The smallest absolute Gasteiger partial charge is 0.191 e. The molecule has 152 valence electrons. The molecule has 1 aliphatic rings. The number of halogens is 1. The minimum absolute atomic E-state index is 0. The van der Waals surface area contributed by atoms with Crippen molar-refractivity contribution in [3.05, 3.63) is 65.2 Å². The molecule has 0 saturated carbocycles. The molecule has 2 aromatic carbocycles. The van der Waals surface area contributed by atoms with Crippen LogP contribution in [0.1, 0.15) is 23.1 Å². The summed E-state index contributed by atoms with van der Waals surface area (Å²) in [6.07, 6.45) is 2.25. The van der Waals surface area contributed by atoms with Crippen LogP contribution in [0.5, 0.6) is 5.75 Å². The van der Waals surface area contributed by atoms with E-state index < -0.39 is 0 Å². The van der Waals surface area contributed by atoms with Gasteiger partial charge in [-0.15, -0.1) is 24.0 Å². The van der Waals surface area contributed by atoms with E-state index in [0.717, 1.165) is 56.3 Å². The predicted molar refractivity (Wildman–Crippen MR) is 127 cm³/mol. The quantitative estimate of drug-likeness (QED) is 0.268. The molecule has 0 amide bonds. The number of nitrogens with one attached hydrogen (secondary N) is 2. The van der Waals surface area contributed by atoms with Gasteiger partial charge < -0.3 is 15.4 Å². The standard InChI is InChI=1S/C22H30N4O.HI/c1-23-22(25-16-19-9-5-6-11-21(19)27-2)24-13-7-14-26-15-12-18-8-3-4-10-20(18)17-26;/h3-6,8-11H,7,12-17H2,1-2H3,(H2,23,24,25);1H. The second-order valence-electron chi connectivity index (χ2n) is 6.81. The molecule has 0 aromatic heterocycles. The van der Waals surface area contributed by atoms with E-state index in [-0.39, 0.29) is 24.0 Å². The molecular formula is C22H31IN4O. The normalized spacial score (nSPS) is 14.0. The largest absolute Gasteiger partial charge is 0.496 e. The summed E-state index contributed by atoms with van der Waals surface area (Å²) in [6.45, 7) is 4.91. The molecule has 3 rings (SSSR count). The molecule has 5 nitrogen and oxygen atoms in total. The van der Waals surface area contributed by atoms with Crippen molar-refractivity contribution in [2.24, 2.45) is 4.99 Å². The van der Waals surface area contributed by atoms with Gasteiger partial charge in [0.15, 0.2) is 5.96 Å². The van der Waals surface area contributed by atoms with Crippen LogP contribution in [0.2, 0.25) is 0 Å². The van der Waals surface area contributed by atoms with Gasteiger partial charge in [-0.25, -0.2) is 0 Å². The number of hydrogen-bond acceptors (Lipinski definition) is 3. The number of aliphatic imine (C=N–C) groups is 1. The molecule has 0 radical (unpaired) electrons. The molecule has 1 aliphatic heterocycles. The Morgan fingerprint density at radius 2 is 1.82 bits per heavy atom. The molecule has 0 saturated heterocycles. The van der Waals surface area contributed by atoms with Crippen LogP contribution in [-0.4, -0.2) is 44.7 Å². The van der Waals surface area contributed by atoms with Gasteiger partial charge in [0.05, 0.1) is 7.11 Å². The molecule has 0 fully saturated rings. The van der Waals surface area contributed by atoms with Crippen molar-refractivity contribution in [3.63, 3.8) is 0 Å². The second kappa shape index (κ2) is 11.9. The summed E-state index contributed by atoms with van der Waals surface area (Å²) < 4.78 is 5.40. The highest BCUT2D eigenvalue weighted by Crippen LogP contribution is 2.18. The number of benzene rings is 2. The van der Waals surface area contributed by atoms with E-state index in [1.165, 1.54) is 11.1 Å². The molecule has 0 spiro atoms. The first-order valence-electron chi connectivity index (χ1n) is 9.65. The van der Waals surface area contributed by atoms with E-state index in [1.54, 1.807) is 14.2 Å². The van der Waals surface area contributed by atoms with Gasteiger partial charge in [-0.3, -0.25) is 9.89 Å². The van der Waals surface area contributed by atoms with Gasteiger partial charge >= 0.3 is 0 Å². The molecule has 1 heterocycles. The van der Waals surface area contributed by atoms with Crippen molar-refractivity contribution >= 4 is 29.9 Å². The lowest BCUT2D eigenvalue weighted by atomic mass is 10.00. The van der Waals surface area contributed by atoms with Gasteiger partial charge in [0.2, 0.25) is 0 Å². The van der Waals surface area contributed by atoms with Gasteiger partial charge in [0.25, 0.3) is 0 Å². The summed E-state index contributed by atoms with van der Waals surface area (Å²) in [5, 5.41) is 6.76. The summed E-state index contributed by atoms with van der Waals surface area (Å²) in [4.78, 5) is 6.85. The third kappa shape index (κ3) is 6.38. The maximum absolute atomic E-state index is 5.40. The van der Waals surface area contributed by atoms with E-state index in [1.807, 2.05) is 18.2 Å². The monoisotopic (exact) mass is 494 g/mol. The lowest BCUT2D eigenvalue weighted by Crippen LogP contribution is -2.39. The Bertz CT molecular complexity index is 766. The Kier molecular flexibility index (Phi) is 9.57. The first-order valence-corrected chi connectivity index (χ1v) is 9.65. The van der Waals surface area contributed by atoms with Crippen LogP contribution in [0, 0.1) is 0 Å². The highest BCUT2D eigenvalue weighted by Gasteiger charge is 2.14. The van der Waals surface area contributed by atoms with Crippen molar-refractivity contribution in [3.8, 4) is 5.75 Å². The van der Waals surface area contributed by atoms with Crippen LogP contribution in [0.4, 0.5) is 0 Å². The average Bonchev–Trinajstić information content (AvgIpc) is 2.73. The summed E-state index contributed by atoms with van der Waals surface area (Å²) in [5.41, 5.74) is 4.11. The number of ether oxygens (including phenoxy) is 1. The van der Waals surface area contributed by atoms with Crippen LogP contribution < -0.4 is 15.4 Å². The molecule has 6 heteroatoms. The zero-order valence-electron chi connectivity index (χ0n) is 16.8. The molecule has 0 unspecified atom stereocenters. The Hall–Kier alpha value is -1.80. The van der Waals surface area contributed by atoms with Crippen molar-refractivity contribution in [2.75, 3.05) is 33.8 Å². The van der Waals surface area contributed by atoms with Gasteiger partial charge in [-0.05, 0) is 30.0 Å². The van der Waals surface area contributed by atoms with Crippen LogP contribution in [0.3, 0.4) is 0 Å². The van der Waals surface area contributed by atoms with Gasteiger partial charge in [0.1, 0.15) is 5.75 Å². The fourth-order valence-electron chi connectivity index (χ4n) is 3.50. The molecular weight excluding hydrogens is 463 g/mol. The van der Waals surface area contributed by atoms with Crippen LogP contribution >= 0.6 is 24.0 Å². The van der Waals surface area contributed by atoms with Crippen molar-refractivity contribution in [1.82, 2.24) is 15.5 Å². The molecule has 0 bridgehead atoms. The van der Waals surface area contributed by atoms with Crippen molar-refractivity contribution in [2.45, 2.75) is 25.9 Å². The molecule has 2 N–H and O–H groups in total. The maximum atomic E-state index is 5.40. The Balaban J connectivity index is 0.00000280. The van der Waals surface area contributed by atoms with E-state index in [2.05, 4.69) is 50.9 Å². The third-order valence-corrected chi connectivity index (χ3v) is 5.02. The van der Waals surface area contributed by atoms with E-state index in [0.29, 0.717) is 6.54 Å². The zero-order chi connectivity index (χ0) is 18.9. The van der Waals surface area contributed by atoms with E-state index in [9.17, 15) is 0 Å². The Morgan fingerprint density at radius 1 is 1.07 bits per heavy atom. The summed E-state index contributed by atoms with van der Waals surface area (Å²) >= 11 is 0. The number of fused-ring (bicyclic) bond motifs is 1. The highest BCUT2D eigenvalue weighted by atomic mass is 127. The van der Waals surface area contributed by atoms with E-state index in [4.69, 9.17) is 4.74 Å². The zero-order valence-corrected chi connectivity index (χ0v) is 19.1. The molecule has 28 heavy (non-hydrogen) atoms. The fraction of sp³-hybridized carbons (Fsp3) is 0.409. The lowest BCUT2D eigenvalue weighted by Gasteiger charge is -2.28. The van der Waals surface area contributed by atoms with Gasteiger partial charge in [-0.1, -0.05) is 42.5 Å². The van der Waals surface area contributed by atoms with Crippen LogP contribution in [-0.2, 0) is 19.5 Å². The number of hydrogen-bond donors (Lipinski definition) is 2. The SMILES string of the molecule is CN=C(NCCCN1CCc2ccccc2C1)NCc1ccccc1OC.I. The Labute approximate surface area is 185 Å². The third-order valence-electron chi connectivity index (χ3n) is 5.02.